The highest BCUT2D eigenvalue weighted by Crippen LogP contribution is 2.01. The first-order chi connectivity index (χ1) is 8.88. The van der Waals surface area contributed by atoms with Gasteiger partial charge in [0.05, 0.1) is 12.3 Å². The van der Waals surface area contributed by atoms with Gasteiger partial charge in [-0.3, -0.25) is 4.79 Å². The van der Waals surface area contributed by atoms with E-state index in [1.165, 1.54) is 6.26 Å². The van der Waals surface area contributed by atoms with E-state index in [2.05, 4.69) is 5.32 Å². The Balaban J connectivity index is 4.18. The number of rotatable bonds is 10. The summed E-state index contributed by atoms with van der Waals surface area (Å²) in [5, 5.41) is 11.3. The van der Waals surface area contributed by atoms with Crippen molar-refractivity contribution in [1.82, 2.24) is 5.32 Å². The van der Waals surface area contributed by atoms with E-state index in [1.54, 1.807) is 0 Å². The highest BCUT2D eigenvalue weighted by Gasteiger charge is 2.24. The Morgan fingerprint density at radius 2 is 2.00 bits per heavy atom. The number of aliphatic carboxylic acids is 1. The van der Waals surface area contributed by atoms with E-state index in [1.807, 2.05) is 0 Å². The maximum atomic E-state index is 11.7. The molecular weight excluding hydrogens is 270 g/mol. The fourth-order valence-electron chi connectivity index (χ4n) is 1.46. The molecule has 0 aliphatic heterocycles. The van der Waals surface area contributed by atoms with Gasteiger partial charge < -0.3 is 26.4 Å². The molecule has 8 heteroatoms. The number of unbranched alkanes of at least 4 members (excludes halogenated alkanes) is 1. The number of carbonyl (C=O) groups is 2. The van der Waals surface area contributed by atoms with Gasteiger partial charge in [-0.15, -0.1) is 0 Å². The third kappa shape index (κ3) is 8.82. The molecule has 0 radical (unpaired) electrons. The summed E-state index contributed by atoms with van der Waals surface area (Å²) in [6.07, 6.45) is 3.58. The predicted molar refractivity (Wildman–Crippen MR) is 74.0 cm³/mol. The second-order valence-electron chi connectivity index (χ2n) is 4.36. The van der Waals surface area contributed by atoms with Crippen molar-refractivity contribution in [3.8, 4) is 0 Å². The van der Waals surface area contributed by atoms with E-state index in [9.17, 15) is 14.1 Å². The Hall–Kier alpha value is -0.830. The van der Waals surface area contributed by atoms with E-state index in [-0.39, 0.29) is 12.2 Å². The van der Waals surface area contributed by atoms with Gasteiger partial charge in [0.2, 0.25) is 5.91 Å². The van der Waals surface area contributed by atoms with E-state index in [0.717, 1.165) is 12.8 Å². The van der Waals surface area contributed by atoms with E-state index in [4.69, 9.17) is 16.6 Å². The summed E-state index contributed by atoms with van der Waals surface area (Å²) < 4.78 is 10.9. The van der Waals surface area contributed by atoms with Gasteiger partial charge >= 0.3 is 5.97 Å². The molecular formula is C11H23N3O4S. The maximum absolute atomic E-state index is 11.7. The summed E-state index contributed by atoms with van der Waals surface area (Å²) in [6, 6.07) is -1.78. The first-order valence-electron chi connectivity index (χ1n) is 6.17. The topological polar surface area (TPSA) is 141 Å². The molecule has 0 aliphatic rings. The van der Waals surface area contributed by atoms with E-state index < -0.39 is 35.1 Å². The van der Waals surface area contributed by atoms with Crippen molar-refractivity contribution < 1.29 is 19.2 Å². The molecule has 0 bridgehead atoms. The molecule has 6 N–H and O–H groups in total. The number of amides is 1. The lowest BCUT2D eigenvalue weighted by Gasteiger charge is -2.17. The van der Waals surface area contributed by atoms with Crippen LogP contribution in [0.5, 0.6) is 0 Å². The van der Waals surface area contributed by atoms with Crippen molar-refractivity contribution in [2.45, 2.75) is 37.8 Å². The second-order valence-corrected chi connectivity index (χ2v) is 5.91. The molecule has 1 unspecified atom stereocenters. The van der Waals surface area contributed by atoms with Crippen molar-refractivity contribution in [3.05, 3.63) is 0 Å². The number of hydrogen-bond donors (Lipinski definition) is 4. The molecule has 3 atom stereocenters. The lowest BCUT2D eigenvalue weighted by Crippen LogP contribution is -2.49. The normalized spacial score (nSPS) is 15.6. The molecule has 0 aliphatic carbocycles. The fraction of sp³-hybridized carbons (Fsp3) is 0.818. The summed E-state index contributed by atoms with van der Waals surface area (Å²) >= 11 is -1.09. The molecule has 0 fully saturated rings. The molecule has 0 heterocycles. The van der Waals surface area contributed by atoms with Crippen LogP contribution in [0.1, 0.15) is 25.7 Å². The highest BCUT2D eigenvalue weighted by molar-refractivity contribution is 7.90. The summed E-state index contributed by atoms with van der Waals surface area (Å²) in [5.41, 5.74) is 11.0. The first-order valence-corrected chi connectivity index (χ1v) is 7.90. The number of carbonyl (C=O) groups excluding carboxylic acids is 1. The summed E-state index contributed by atoms with van der Waals surface area (Å²) in [4.78, 5) is 22.6. The number of carboxylic acid groups (broad SMARTS) is 1. The molecule has 0 aromatic carbocycles. The predicted octanol–water partition coefficient (Wildman–Crippen LogP) is -1.22. The van der Waals surface area contributed by atoms with E-state index in [0.29, 0.717) is 13.0 Å². The van der Waals surface area contributed by atoms with Crippen LogP contribution in [0.25, 0.3) is 0 Å². The maximum Gasteiger partial charge on any atom is 0.326 e. The van der Waals surface area contributed by atoms with Crippen molar-refractivity contribution in [2.75, 3.05) is 18.6 Å². The first kappa shape index (κ1) is 18.2. The van der Waals surface area contributed by atoms with Crippen molar-refractivity contribution in [3.63, 3.8) is 0 Å². The standard InChI is InChI=1S/C11H23N3O4S/c1-19(18)7-5-9(11(16)17)14-10(15)8(13)4-2-3-6-12/h8-9H,2-7,12-13H2,1H3,(H,14,15)(H,16,17)/t8-,9-,19?/m0/s1. The zero-order valence-corrected chi connectivity index (χ0v) is 11.9. The minimum atomic E-state index is -1.15. The monoisotopic (exact) mass is 293 g/mol. The lowest BCUT2D eigenvalue weighted by atomic mass is 10.1. The summed E-state index contributed by atoms with van der Waals surface area (Å²) in [5.74, 6) is -1.42. The van der Waals surface area contributed by atoms with Gasteiger partial charge in [0, 0.05) is 6.42 Å². The quantitative estimate of drug-likeness (QED) is 0.294. The zero-order valence-electron chi connectivity index (χ0n) is 11.1. The zero-order chi connectivity index (χ0) is 14.8. The molecule has 112 valence electrons. The van der Waals surface area contributed by atoms with Crippen LogP contribution >= 0.6 is 0 Å². The molecule has 0 aromatic rings. The minimum absolute atomic E-state index is 0.125. The second kappa shape index (κ2) is 10.0. The van der Waals surface area contributed by atoms with Gasteiger partial charge in [-0.25, -0.2) is 4.79 Å². The van der Waals surface area contributed by atoms with Crippen molar-refractivity contribution >= 4 is 23.1 Å². The number of nitrogens with two attached hydrogens (primary N) is 2. The fourth-order valence-corrected chi connectivity index (χ4v) is 2.03. The van der Waals surface area contributed by atoms with Crippen LogP contribution in [0.2, 0.25) is 0 Å². The van der Waals surface area contributed by atoms with Crippen molar-refractivity contribution in [2.24, 2.45) is 11.5 Å². The third-order valence-corrected chi connectivity index (χ3v) is 3.43. The Morgan fingerprint density at radius 3 is 2.47 bits per heavy atom. The average Bonchev–Trinajstić information content (AvgIpc) is 2.33. The van der Waals surface area contributed by atoms with Gasteiger partial charge in [0.1, 0.15) is 11.8 Å². The lowest BCUT2D eigenvalue weighted by molar-refractivity contribution is -0.142. The molecule has 0 spiro atoms. The Kier molecular flexibility index (Phi) is 9.58. The summed E-state index contributed by atoms with van der Waals surface area (Å²) in [7, 11) is 0. The molecule has 7 nitrogen and oxygen atoms in total. The highest BCUT2D eigenvalue weighted by atomic mass is 32.2. The molecule has 19 heavy (non-hydrogen) atoms. The third-order valence-electron chi connectivity index (χ3n) is 2.61. The SMILES string of the molecule is C[S+]([O-])CC[C@H](NC(=O)[C@@H](N)CCCCN)C(=O)O. The Morgan fingerprint density at radius 1 is 1.37 bits per heavy atom. The molecule has 0 saturated heterocycles. The molecule has 1 amide bonds. The Bertz CT molecular complexity index is 289. The van der Waals surface area contributed by atoms with Crippen LogP contribution in [-0.4, -0.2) is 52.2 Å². The largest absolute Gasteiger partial charge is 0.617 e. The van der Waals surface area contributed by atoms with Gasteiger partial charge in [-0.05, 0) is 19.4 Å². The Labute approximate surface area is 116 Å². The smallest absolute Gasteiger partial charge is 0.326 e. The van der Waals surface area contributed by atoms with Crippen LogP contribution in [0.15, 0.2) is 0 Å². The van der Waals surface area contributed by atoms with Gasteiger partial charge in [0.15, 0.2) is 0 Å². The van der Waals surface area contributed by atoms with Gasteiger partial charge in [-0.1, -0.05) is 17.6 Å². The minimum Gasteiger partial charge on any atom is -0.617 e. The number of carboxylic acids is 1. The van der Waals surface area contributed by atoms with Crippen LogP contribution in [-0.2, 0) is 20.8 Å². The van der Waals surface area contributed by atoms with Crippen LogP contribution < -0.4 is 16.8 Å². The van der Waals surface area contributed by atoms with Crippen LogP contribution in [0.3, 0.4) is 0 Å². The average molecular weight is 293 g/mol. The van der Waals surface area contributed by atoms with Crippen LogP contribution in [0, 0.1) is 0 Å². The number of hydrogen-bond acceptors (Lipinski definition) is 5. The molecule has 0 rings (SSSR count). The number of nitrogens with one attached hydrogen (secondary N) is 1. The van der Waals surface area contributed by atoms with Crippen LogP contribution in [0.4, 0.5) is 0 Å². The van der Waals surface area contributed by atoms with Gasteiger partial charge in [-0.2, -0.15) is 0 Å². The van der Waals surface area contributed by atoms with E-state index >= 15 is 0 Å². The molecule has 0 aromatic heterocycles. The summed E-state index contributed by atoms with van der Waals surface area (Å²) in [6.45, 7) is 0.536. The van der Waals surface area contributed by atoms with Crippen molar-refractivity contribution in [1.29, 1.82) is 0 Å². The molecule has 0 saturated carbocycles. The van der Waals surface area contributed by atoms with Gasteiger partial charge in [0.25, 0.3) is 0 Å².